The van der Waals surface area contributed by atoms with E-state index in [4.69, 9.17) is 4.74 Å². The van der Waals surface area contributed by atoms with Crippen LogP contribution in [0, 0.1) is 51.2 Å². The van der Waals surface area contributed by atoms with Crippen molar-refractivity contribution in [2.75, 3.05) is 33.3 Å². The van der Waals surface area contributed by atoms with Crippen molar-refractivity contribution in [2.45, 2.75) is 123 Å². The molecule has 0 spiro atoms. The van der Waals surface area contributed by atoms with E-state index in [0.29, 0.717) is 39.6 Å². The van der Waals surface area contributed by atoms with Gasteiger partial charge in [-0.25, -0.2) is 4.79 Å². The Labute approximate surface area is 297 Å². The molecule has 7 fully saturated rings. The van der Waals surface area contributed by atoms with Gasteiger partial charge in [0.05, 0.1) is 12.7 Å². The Balaban J connectivity index is 1.05. The van der Waals surface area contributed by atoms with E-state index >= 15 is 0 Å². The standard InChI is InChI=1S/C44H65N3O2/c1-28(2)33-15-20-44(45-23-24-47-26-31-25-32(27-47)46-31)22-21-42(6)35(38(33)44)13-14-37-41(5)18-16-34(29-9-11-30(12-10-29)39(48)49-8)40(3,4)36(41)17-19-43(37,42)7/h9-12,16,31-33,35-38,45-46H,1,13-15,17-27H2,2-8H3/t31?,32?,33-,35+,36-,37+,38+,41-,42+,43+,44-/m0/s1. The number of benzene rings is 1. The average molecular weight is 668 g/mol. The summed E-state index contributed by atoms with van der Waals surface area (Å²) in [7, 11) is 1.46. The molecule has 8 aliphatic rings. The molecule has 9 rings (SSSR count). The van der Waals surface area contributed by atoms with Gasteiger partial charge in [0.15, 0.2) is 0 Å². The molecule has 2 N–H and O–H groups in total. The highest BCUT2D eigenvalue weighted by Gasteiger charge is 2.70. The topological polar surface area (TPSA) is 53.6 Å². The number of carbonyl (C=O) groups excluding carboxylic acids is 1. The number of esters is 1. The lowest BCUT2D eigenvalue weighted by molar-refractivity contribution is -0.219. The number of hydrogen-bond acceptors (Lipinski definition) is 5. The van der Waals surface area contributed by atoms with E-state index in [1.807, 2.05) is 12.1 Å². The number of piperidine rings is 1. The molecule has 268 valence electrons. The van der Waals surface area contributed by atoms with Gasteiger partial charge >= 0.3 is 5.97 Å². The second-order valence-electron chi connectivity index (χ2n) is 19.4. The Hall–Kier alpha value is -1.95. The molecule has 49 heavy (non-hydrogen) atoms. The number of piperazine rings is 1. The number of carbonyl (C=O) groups is 1. The van der Waals surface area contributed by atoms with Gasteiger partial charge in [-0.05, 0) is 146 Å². The van der Waals surface area contributed by atoms with Crippen molar-refractivity contribution >= 4 is 11.5 Å². The van der Waals surface area contributed by atoms with Crippen molar-refractivity contribution in [3.8, 4) is 0 Å². The van der Waals surface area contributed by atoms with Crippen LogP contribution in [0.3, 0.4) is 0 Å². The van der Waals surface area contributed by atoms with Crippen LogP contribution < -0.4 is 10.6 Å². The average Bonchev–Trinajstić information content (AvgIpc) is 3.44. The normalized spacial score (nSPS) is 45.1. The van der Waals surface area contributed by atoms with Gasteiger partial charge in [0.1, 0.15) is 0 Å². The van der Waals surface area contributed by atoms with Crippen molar-refractivity contribution in [3.63, 3.8) is 0 Å². The third-order valence-corrected chi connectivity index (χ3v) is 17.2. The minimum atomic E-state index is -0.263. The predicted molar refractivity (Wildman–Crippen MR) is 200 cm³/mol. The molecular weight excluding hydrogens is 603 g/mol. The van der Waals surface area contributed by atoms with Gasteiger partial charge in [0.25, 0.3) is 0 Å². The first-order valence-corrected chi connectivity index (χ1v) is 20.0. The Kier molecular flexibility index (Phi) is 8.21. The maximum atomic E-state index is 12.1. The summed E-state index contributed by atoms with van der Waals surface area (Å²) in [5.74, 6) is 3.26. The molecule has 1 aromatic rings. The summed E-state index contributed by atoms with van der Waals surface area (Å²) in [6, 6.07) is 9.66. The molecule has 5 heteroatoms. The van der Waals surface area contributed by atoms with Gasteiger partial charge in [-0.15, -0.1) is 0 Å². The van der Waals surface area contributed by atoms with Gasteiger partial charge in [-0.1, -0.05) is 65.0 Å². The number of allylic oxidation sites excluding steroid dienone is 3. The second kappa shape index (κ2) is 11.8. The summed E-state index contributed by atoms with van der Waals surface area (Å²) in [6.07, 6.45) is 15.9. The highest BCUT2D eigenvalue weighted by atomic mass is 16.5. The zero-order chi connectivity index (χ0) is 34.6. The maximum Gasteiger partial charge on any atom is 0.337 e. The van der Waals surface area contributed by atoms with Crippen molar-refractivity contribution in [3.05, 3.63) is 53.6 Å². The molecule has 11 atom stereocenters. The minimum absolute atomic E-state index is 0.0753. The molecule has 4 saturated carbocycles. The first-order chi connectivity index (χ1) is 23.3. The third kappa shape index (κ3) is 4.97. The van der Waals surface area contributed by atoms with E-state index in [2.05, 4.69) is 81.9 Å². The van der Waals surface area contributed by atoms with E-state index in [-0.39, 0.29) is 16.9 Å². The van der Waals surface area contributed by atoms with Crippen LogP contribution in [0.5, 0.6) is 0 Å². The largest absolute Gasteiger partial charge is 0.465 e. The molecule has 3 aliphatic heterocycles. The number of fused-ring (bicyclic) bond motifs is 9. The van der Waals surface area contributed by atoms with Crippen LogP contribution >= 0.6 is 0 Å². The van der Waals surface area contributed by atoms with E-state index in [9.17, 15) is 4.79 Å². The Bertz CT molecular complexity index is 1500. The van der Waals surface area contributed by atoms with Crippen LogP contribution in [0.2, 0.25) is 0 Å². The second-order valence-corrected chi connectivity index (χ2v) is 19.4. The fourth-order valence-corrected chi connectivity index (χ4v) is 14.7. The fraction of sp³-hybridized carbons (Fsp3) is 0.750. The van der Waals surface area contributed by atoms with E-state index < -0.39 is 0 Å². The lowest BCUT2D eigenvalue weighted by Crippen LogP contribution is -2.69. The van der Waals surface area contributed by atoms with E-state index in [1.165, 1.54) is 101 Å². The summed E-state index contributed by atoms with van der Waals surface area (Å²) in [5, 5.41) is 8.07. The summed E-state index contributed by atoms with van der Waals surface area (Å²) in [5.41, 5.74) is 6.15. The van der Waals surface area contributed by atoms with Gasteiger partial charge in [-0.2, -0.15) is 0 Å². The van der Waals surface area contributed by atoms with Gasteiger partial charge in [-0.3, -0.25) is 4.90 Å². The molecule has 3 heterocycles. The summed E-state index contributed by atoms with van der Waals surface area (Å²) in [4.78, 5) is 14.9. The van der Waals surface area contributed by atoms with Gasteiger partial charge in [0, 0.05) is 43.8 Å². The lowest BCUT2D eigenvalue weighted by Gasteiger charge is -2.72. The minimum Gasteiger partial charge on any atom is -0.465 e. The highest BCUT2D eigenvalue weighted by Crippen LogP contribution is 2.76. The third-order valence-electron chi connectivity index (χ3n) is 17.2. The van der Waals surface area contributed by atoms with Crippen LogP contribution in [0.15, 0.2) is 42.5 Å². The van der Waals surface area contributed by atoms with Crippen LogP contribution in [-0.4, -0.2) is 61.8 Å². The zero-order valence-electron chi connectivity index (χ0n) is 31.8. The number of hydrogen-bond donors (Lipinski definition) is 2. The SMILES string of the molecule is C=C(C)[C@@H]1CC[C@]2(NCCN3CC4CC(C3)N4)CC[C@]3(C)[C@H](CC[C@@H]4[C@@]5(C)CC=C(c6ccc(C(=O)OC)cc6)C(C)(C)[C@@H]5CC[C@]43C)[C@@H]12. The smallest absolute Gasteiger partial charge is 0.337 e. The van der Waals surface area contributed by atoms with Crippen molar-refractivity contribution in [1.82, 2.24) is 15.5 Å². The van der Waals surface area contributed by atoms with Crippen molar-refractivity contribution in [2.24, 2.45) is 51.2 Å². The molecule has 2 unspecified atom stereocenters. The molecule has 0 aromatic heterocycles. The number of methoxy groups -OCH3 is 1. The van der Waals surface area contributed by atoms with E-state index in [0.717, 1.165) is 36.9 Å². The van der Waals surface area contributed by atoms with Crippen molar-refractivity contribution < 1.29 is 9.53 Å². The van der Waals surface area contributed by atoms with Crippen LogP contribution in [0.1, 0.15) is 122 Å². The quantitative estimate of drug-likeness (QED) is 0.226. The molecule has 5 aliphatic carbocycles. The van der Waals surface area contributed by atoms with Gasteiger partial charge < -0.3 is 15.4 Å². The molecule has 5 nitrogen and oxygen atoms in total. The molecule has 0 amide bonds. The van der Waals surface area contributed by atoms with Crippen LogP contribution in [0.25, 0.3) is 5.57 Å². The van der Waals surface area contributed by atoms with Crippen molar-refractivity contribution in [1.29, 1.82) is 0 Å². The zero-order valence-corrected chi connectivity index (χ0v) is 31.8. The lowest BCUT2D eigenvalue weighted by atomic mass is 9.33. The van der Waals surface area contributed by atoms with Crippen LogP contribution in [0.4, 0.5) is 0 Å². The molecule has 1 aromatic carbocycles. The Morgan fingerprint density at radius 2 is 1.65 bits per heavy atom. The van der Waals surface area contributed by atoms with Gasteiger partial charge in [0.2, 0.25) is 0 Å². The molecule has 0 radical (unpaired) electrons. The predicted octanol–water partition coefficient (Wildman–Crippen LogP) is 8.51. The number of nitrogens with one attached hydrogen (secondary N) is 2. The van der Waals surface area contributed by atoms with E-state index in [1.54, 1.807) is 0 Å². The Morgan fingerprint density at radius 1 is 0.939 bits per heavy atom. The molecular formula is C44H65N3O2. The van der Waals surface area contributed by atoms with Crippen LogP contribution in [-0.2, 0) is 4.74 Å². The number of nitrogens with zero attached hydrogens (tertiary/aromatic N) is 1. The summed E-state index contributed by atoms with van der Waals surface area (Å²) >= 11 is 0. The summed E-state index contributed by atoms with van der Waals surface area (Å²) in [6.45, 7) is 25.1. The first kappa shape index (κ1) is 34.2. The first-order valence-electron chi connectivity index (χ1n) is 20.0. The summed E-state index contributed by atoms with van der Waals surface area (Å²) < 4.78 is 4.98. The monoisotopic (exact) mass is 668 g/mol. The highest BCUT2D eigenvalue weighted by molar-refractivity contribution is 5.89. The number of rotatable bonds is 7. The fourth-order valence-electron chi connectivity index (χ4n) is 14.7. The molecule has 2 bridgehead atoms. The molecule has 3 saturated heterocycles. The number of ether oxygens (including phenoxy) is 1. The maximum absolute atomic E-state index is 12.1. The Morgan fingerprint density at radius 3 is 2.33 bits per heavy atom.